The van der Waals surface area contributed by atoms with Gasteiger partial charge in [-0.15, -0.1) is 0 Å². The first-order valence-corrected chi connectivity index (χ1v) is 4.90. The zero-order chi connectivity index (χ0) is 10.8. The van der Waals surface area contributed by atoms with Crippen LogP contribution in [0.2, 0.25) is 0 Å². The number of H-pyrrole nitrogens is 1. The second kappa shape index (κ2) is 3.86. The van der Waals surface area contributed by atoms with Crippen molar-refractivity contribution in [1.82, 2.24) is 14.8 Å². The van der Waals surface area contributed by atoms with Gasteiger partial charge in [-0.25, -0.2) is 0 Å². The van der Waals surface area contributed by atoms with E-state index in [0.29, 0.717) is 4.77 Å². The van der Waals surface area contributed by atoms with E-state index in [1.807, 2.05) is 29.7 Å². The summed E-state index contributed by atoms with van der Waals surface area (Å²) in [7, 11) is 1.65. The lowest BCUT2D eigenvalue weighted by Gasteiger charge is -2.07. The maximum Gasteiger partial charge on any atom is 0.199 e. The van der Waals surface area contributed by atoms with Gasteiger partial charge in [0.25, 0.3) is 0 Å². The number of benzene rings is 1. The fraction of sp³-hybridized carbons (Fsp3) is 0.200. The zero-order valence-corrected chi connectivity index (χ0v) is 9.34. The first-order chi connectivity index (χ1) is 7.22. The van der Waals surface area contributed by atoms with E-state index in [1.165, 1.54) is 0 Å². The molecule has 1 N–H and O–H groups in total. The highest BCUT2D eigenvalue weighted by Gasteiger charge is 2.03. The number of nitrogens with zero attached hydrogens (tertiary/aromatic N) is 2. The number of aromatic nitrogens is 3. The van der Waals surface area contributed by atoms with Gasteiger partial charge in [-0.2, -0.15) is 5.10 Å². The summed E-state index contributed by atoms with van der Waals surface area (Å²) in [6.45, 7) is 2.01. The van der Waals surface area contributed by atoms with E-state index in [4.69, 9.17) is 17.0 Å². The average Bonchev–Trinajstić information content (AvgIpc) is 2.64. The predicted octanol–water partition coefficient (Wildman–Crippen LogP) is 2.25. The van der Waals surface area contributed by atoms with Crippen LogP contribution < -0.4 is 4.74 Å². The van der Waals surface area contributed by atoms with Crippen LogP contribution in [0.15, 0.2) is 24.5 Å². The van der Waals surface area contributed by atoms with Gasteiger partial charge in [0.1, 0.15) is 12.1 Å². The third-order valence-electron chi connectivity index (χ3n) is 2.22. The summed E-state index contributed by atoms with van der Waals surface area (Å²) in [5, 5.41) is 6.60. The maximum atomic E-state index is 5.14. The Labute approximate surface area is 92.5 Å². The second-order valence-electron chi connectivity index (χ2n) is 3.18. The summed E-state index contributed by atoms with van der Waals surface area (Å²) in [6.07, 6.45) is 1.66. The topological polar surface area (TPSA) is 42.8 Å². The van der Waals surface area contributed by atoms with E-state index in [9.17, 15) is 0 Å². The van der Waals surface area contributed by atoms with Crippen LogP contribution in [0, 0.1) is 11.7 Å². The van der Waals surface area contributed by atoms with E-state index in [-0.39, 0.29) is 0 Å². The summed E-state index contributed by atoms with van der Waals surface area (Å²) in [5.41, 5.74) is 2.10. The second-order valence-corrected chi connectivity index (χ2v) is 3.57. The molecule has 0 aliphatic carbocycles. The molecular formula is C10H11N3OS. The Balaban J connectivity index is 2.55. The van der Waals surface area contributed by atoms with Crippen LogP contribution in [0.4, 0.5) is 0 Å². The normalized spacial score (nSPS) is 10.3. The van der Waals surface area contributed by atoms with Crippen molar-refractivity contribution >= 4 is 12.2 Å². The lowest BCUT2D eigenvalue weighted by molar-refractivity contribution is 0.414. The molecule has 0 saturated carbocycles. The Morgan fingerprint density at radius 1 is 1.47 bits per heavy atom. The number of nitrogens with one attached hydrogen (secondary N) is 1. The largest absolute Gasteiger partial charge is 0.497 e. The molecule has 0 saturated heterocycles. The quantitative estimate of drug-likeness (QED) is 0.791. The highest BCUT2D eigenvalue weighted by Crippen LogP contribution is 2.19. The summed E-state index contributed by atoms with van der Waals surface area (Å²) < 4.78 is 7.55. The van der Waals surface area contributed by atoms with Crippen LogP contribution in [-0.4, -0.2) is 21.9 Å². The first kappa shape index (κ1) is 9.92. The molecule has 0 radical (unpaired) electrons. The molecule has 0 amide bonds. The molecule has 2 aromatic rings. The van der Waals surface area contributed by atoms with Crippen molar-refractivity contribution in [2.45, 2.75) is 6.92 Å². The minimum absolute atomic E-state index is 0.586. The van der Waals surface area contributed by atoms with E-state index >= 15 is 0 Å². The Hall–Kier alpha value is -1.62. The summed E-state index contributed by atoms with van der Waals surface area (Å²) in [4.78, 5) is 0. The molecule has 78 valence electrons. The minimum atomic E-state index is 0.586. The fourth-order valence-corrected chi connectivity index (χ4v) is 1.64. The van der Waals surface area contributed by atoms with E-state index in [0.717, 1.165) is 17.0 Å². The molecule has 0 atom stereocenters. The third-order valence-corrected chi connectivity index (χ3v) is 2.50. The van der Waals surface area contributed by atoms with Crippen molar-refractivity contribution in [2.24, 2.45) is 0 Å². The monoisotopic (exact) mass is 221 g/mol. The molecule has 15 heavy (non-hydrogen) atoms. The number of hydrogen-bond acceptors (Lipinski definition) is 3. The molecule has 5 heteroatoms. The van der Waals surface area contributed by atoms with E-state index in [1.54, 1.807) is 13.4 Å². The molecule has 0 aliphatic rings. The lowest BCUT2D eigenvalue weighted by Crippen LogP contribution is -1.96. The Morgan fingerprint density at radius 2 is 2.27 bits per heavy atom. The van der Waals surface area contributed by atoms with Crippen LogP contribution in [0.5, 0.6) is 5.75 Å². The lowest BCUT2D eigenvalue weighted by atomic mass is 10.2. The number of rotatable bonds is 2. The van der Waals surface area contributed by atoms with Crippen LogP contribution in [0.1, 0.15) is 5.56 Å². The van der Waals surface area contributed by atoms with E-state index < -0.39 is 0 Å². The highest BCUT2D eigenvalue weighted by molar-refractivity contribution is 7.71. The third kappa shape index (κ3) is 1.78. The highest BCUT2D eigenvalue weighted by atomic mass is 32.1. The van der Waals surface area contributed by atoms with Gasteiger partial charge in [0.2, 0.25) is 0 Å². The molecule has 2 rings (SSSR count). The van der Waals surface area contributed by atoms with Gasteiger partial charge >= 0.3 is 0 Å². The van der Waals surface area contributed by atoms with Crippen molar-refractivity contribution in [3.63, 3.8) is 0 Å². The molecule has 0 spiro atoms. The van der Waals surface area contributed by atoms with Crippen LogP contribution in [0.3, 0.4) is 0 Å². The number of hydrogen-bond donors (Lipinski definition) is 1. The standard InChI is InChI=1S/C10H11N3OS/c1-7-5-8(14-2)3-4-9(7)13-6-11-12-10(13)15/h3-6H,1-2H3,(H,12,15). The summed E-state index contributed by atoms with van der Waals surface area (Å²) in [5.74, 6) is 0.839. The number of aromatic amines is 1. The first-order valence-electron chi connectivity index (χ1n) is 4.49. The zero-order valence-electron chi connectivity index (χ0n) is 8.52. The van der Waals surface area contributed by atoms with Crippen molar-refractivity contribution in [3.05, 3.63) is 34.9 Å². The number of ether oxygens (including phenoxy) is 1. The Morgan fingerprint density at radius 3 is 2.80 bits per heavy atom. The molecule has 1 aromatic carbocycles. The van der Waals surface area contributed by atoms with E-state index in [2.05, 4.69) is 10.2 Å². The smallest absolute Gasteiger partial charge is 0.199 e. The summed E-state index contributed by atoms with van der Waals surface area (Å²) >= 11 is 5.10. The molecule has 0 fully saturated rings. The van der Waals surface area contributed by atoms with Gasteiger partial charge in [-0.05, 0) is 42.9 Å². The van der Waals surface area contributed by atoms with Crippen LogP contribution in [0.25, 0.3) is 5.69 Å². The molecule has 4 nitrogen and oxygen atoms in total. The molecule has 1 aromatic heterocycles. The van der Waals surface area contributed by atoms with Crippen molar-refractivity contribution < 1.29 is 4.74 Å². The average molecular weight is 221 g/mol. The van der Waals surface area contributed by atoms with Crippen molar-refractivity contribution in [3.8, 4) is 11.4 Å². The molecular weight excluding hydrogens is 210 g/mol. The van der Waals surface area contributed by atoms with Crippen molar-refractivity contribution in [2.75, 3.05) is 7.11 Å². The van der Waals surface area contributed by atoms with Crippen LogP contribution >= 0.6 is 12.2 Å². The van der Waals surface area contributed by atoms with Gasteiger partial charge in [-0.1, -0.05) is 0 Å². The Kier molecular flexibility index (Phi) is 2.55. The number of methoxy groups -OCH3 is 1. The fourth-order valence-electron chi connectivity index (χ4n) is 1.44. The summed E-state index contributed by atoms with van der Waals surface area (Å²) in [6, 6.07) is 5.82. The predicted molar refractivity (Wildman–Crippen MR) is 60.0 cm³/mol. The maximum absolute atomic E-state index is 5.14. The van der Waals surface area contributed by atoms with Gasteiger partial charge in [0, 0.05) is 0 Å². The van der Waals surface area contributed by atoms with Gasteiger partial charge in [-0.3, -0.25) is 9.67 Å². The van der Waals surface area contributed by atoms with Gasteiger partial charge < -0.3 is 4.74 Å². The van der Waals surface area contributed by atoms with Crippen molar-refractivity contribution in [1.29, 1.82) is 0 Å². The van der Waals surface area contributed by atoms with Gasteiger partial charge in [0.15, 0.2) is 4.77 Å². The Bertz CT molecular complexity index is 529. The molecule has 0 unspecified atom stereocenters. The minimum Gasteiger partial charge on any atom is -0.497 e. The number of aryl methyl sites for hydroxylation is 1. The molecule has 0 bridgehead atoms. The SMILES string of the molecule is COc1ccc(-n2cn[nH]c2=S)c(C)c1. The molecule has 0 aliphatic heterocycles. The van der Waals surface area contributed by atoms with Crippen LogP contribution in [-0.2, 0) is 0 Å². The molecule has 1 heterocycles. The van der Waals surface area contributed by atoms with Gasteiger partial charge in [0.05, 0.1) is 12.8 Å².